The number of Topliss-reactive ketones (excluding diaryl/α,β-unsaturated/α-hetero) is 1. The maximum Gasteiger partial charge on any atom is 0.384 e. The van der Waals surface area contributed by atoms with Crippen molar-refractivity contribution in [1.29, 1.82) is 0 Å². The molecule has 140 valence electrons. The van der Waals surface area contributed by atoms with Crippen LogP contribution in [0.4, 0.5) is 4.39 Å². The first kappa shape index (κ1) is 19.2. The highest BCUT2D eigenvalue weighted by molar-refractivity contribution is 7.54. The molecule has 0 bridgehead atoms. The highest BCUT2D eigenvalue weighted by Gasteiger charge is 2.39. The molecule has 5 nitrogen and oxygen atoms in total. The first-order valence-corrected chi connectivity index (χ1v) is 10.2. The van der Waals surface area contributed by atoms with Crippen molar-refractivity contribution in [2.45, 2.75) is 26.2 Å². The lowest BCUT2D eigenvalue weighted by Crippen LogP contribution is -2.29. The molecule has 0 aliphatic carbocycles. The number of amides is 1. The van der Waals surface area contributed by atoms with Gasteiger partial charge in [-0.15, -0.1) is 0 Å². The second-order valence-corrected chi connectivity index (χ2v) is 8.10. The summed E-state index contributed by atoms with van der Waals surface area (Å²) in [6, 6.07) is 8.77. The maximum atomic E-state index is 14.8. The van der Waals surface area contributed by atoms with Crippen molar-refractivity contribution in [1.82, 2.24) is 0 Å². The number of hydrogen-bond acceptors (Lipinski definition) is 4. The highest BCUT2D eigenvalue weighted by Crippen LogP contribution is 2.37. The van der Waals surface area contributed by atoms with Crippen LogP contribution in [0.2, 0.25) is 0 Å². The van der Waals surface area contributed by atoms with E-state index >= 15 is 0 Å². The number of primary amides is 1. The van der Waals surface area contributed by atoms with E-state index in [2.05, 4.69) is 6.92 Å². The van der Waals surface area contributed by atoms with Crippen molar-refractivity contribution in [3.8, 4) is 5.75 Å². The third kappa shape index (κ3) is 3.91. The molecule has 1 atom stereocenters. The van der Waals surface area contributed by atoms with Crippen LogP contribution in [0.3, 0.4) is 0 Å². The van der Waals surface area contributed by atoms with E-state index in [1.165, 1.54) is 5.56 Å². The average molecular weight is 388 g/mol. The van der Waals surface area contributed by atoms with Crippen LogP contribution >= 0.6 is 7.80 Å². The summed E-state index contributed by atoms with van der Waals surface area (Å²) in [5.41, 5.74) is 7.07. The number of carbonyl (C=O) groups excluding carboxylic acids is 2. The van der Waals surface area contributed by atoms with E-state index in [1.54, 1.807) is 0 Å². The van der Waals surface area contributed by atoms with Gasteiger partial charge in [0.25, 0.3) is 11.7 Å². The molecule has 1 heterocycles. The van der Waals surface area contributed by atoms with Gasteiger partial charge in [-0.2, -0.15) is 0 Å². The normalized spacial score (nSPS) is 14.4. The Morgan fingerprint density at radius 3 is 2.52 bits per heavy atom. The first-order valence-electron chi connectivity index (χ1n) is 8.77. The zero-order chi connectivity index (χ0) is 19.6. The molecule has 1 unspecified atom stereocenters. The van der Waals surface area contributed by atoms with Gasteiger partial charge in [-0.1, -0.05) is 42.2 Å². The van der Waals surface area contributed by atoms with Crippen LogP contribution in [0.5, 0.6) is 5.75 Å². The van der Waals surface area contributed by atoms with Crippen LogP contribution in [0.25, 0.3) is 0 Å². The smallest absolute Gasteiger partial charge is 0.384 e. The Labute approximate surface area is 157 Å². The monoisotopic (exact) mass is 388 g/mol. The molecule has 0 saturated carbocycles. The lowest BCUT2D eigenvalue weighted by Gasteiger charge is -2.16. The van der Waals surface area contributed by atoms with E-state index in [0.29, 0.717) is 0 Å². The zero-order valence-corrected chi connectivity index (χ0v) is 15.9. The molecular formula is C20H20FNO4P+. The van der Waals surface area contributed by atoms with Crippen LogP contribution in [0, 0.1) is 5.82 Å². The molecule has 3 rings (SSSR count). The fourth-order valence-corrected chi connectivity index (χ4v) is 4.57. The van der Waals surface area contributed by atoms with Gasteiger partial charge in [0.1, 0.15) is 12.4 Å². The molecule has 0 radical (unpaired) electrons. The highest BCUT2D eigenvalue weighted by atomic mass is 31.1. The Balaban J connectivity index is 2.06. The Bertz CT molecular complexity index is 925. The Morgan fingerprint density at radius 1 is 1.22 bits per heavy atom. The number of halogens is 1. The van der Waals surface area contributed by atoms with Crippen LogP contribution in [-0.4, -0.2) is 24.5 Å². The summed E-state index contributed by atoms with van der Waals surface area (Å²) in [5.74, 6) is -2.93. The minimum atomic E-state index is -1.93. The summed E-state index contributed by atoms with van der Waals surface area (Å²) >= 11 is 0. The summed E-state index contributed by atoms with van der Waals surface area (Å²) in [6.07, 6.45) is 2.46. The van der Waals surface area contributed by atoms with Crippen molar-refractivity contribution in [3.63, 3.8) is 0 Å². The number of aryl methyl sites for hydroxylation is 1. The number of hydrogen-bond donors (Lipinski definition) is 1. The molecule has 2 aromatic carbocycles. The Morgan fingerprint density at radius 2 is 1.89 bits per heavy atom. The van der Waals surface area contributed by atoms with Crippen LogP contribution in [0.1, 0.15) is 40.4 Å². The molecule has 2 N–H and O–H groups in total. The van der Waals surface area contributed by atoms with E-state index in [1.807, 2.05) is 24.3 Å². The standard InChI is InChI=1S/C20H19FNO4P/c1-2-3-12-4-6-13(7-5-12)10-14-16(21)11-15(17(23)20(22)24)18-19(14)27(25)9-8-26-18/h4-7,11H,2-3,8-10H2,1H3,(H-,22,24)/p+1. The minimum absolute atomic E-state index is 0.0187. The largest absolute Gasteiger partial charge is 0.484 e. The molecule has 1 amide bonds. The fourth-order valence-electron chi connectivity index (χ4n) is 3.20. The number of benzene rings is 2. The minimum Gasteiger partial charge on any atom is -0.484 e. The molecule has 1 aliphatic rings. The second kappa shape index (κ2) is 7.97. The first-order chi connectivity index (χ1) is 12.9. The summed E-state index contributed by atoms with van der Waals surface area (Å²) in [5, 5.41) is 0.179. The number of fused-ring (bicyclic) bond motifs is 1. The third-order valence-corrected chi connectivity index (χ3v) is 6.07. The Hall–Kier alpha value is -2.59. The van der Waals surface area contributed by atoms with Crippen molar-refractivity contribution in [2.24, 2.45) is 5.73 Å². The predicted octanol–water partition coefficient (Wildman–Crippen LogP) is 2.88. The van der Waals surface area contributed by atoms with Crippen molar-refractivity contribution in [3.05, 3.63) is 58.4 Å². The summed E-state index contributed by atoms with van der Waals surface area (Å²) < 4.78 is 32.9. The molecule has 0 spiro atoms. The van der Waals surface area contributed by atoms with Gasteiger partial charge in [0.15, 0.2) is 11.9 Å². The topological polar surface area (TPSA) is 86.5 Å². The average Bonchev–Trinajstić information content (AvgIpc) is 2.65. The number of nitrogens with two attached hydrogens (primary N) is 1. The van der Waals surface area contributed by atoms with E-state index in [0.717, 1.165) is 24.5 Å². The fraction of sp³-hybridized carbons (Fsp3) is 0.300. The van der Waals surface area contributed by atoms with Crippen LogP contribution in [-0.2, 0) is 22.2 Å². The lowest BCUT2D eigenvalue weighted by atomic mass is 9.98. The molecule has 0 aromatic heterocycles. The third-order valence-electron chi connectivity index (χ3n) is 4.51. The van der Waals surface area contributed by atoms with Gasteiger partial charge in [0, 0.05) is 12.0 Å². The second-order valence-electron chi connectivity index (χ2n) is 6.45. The van der Waals surface area contributed by atoms with E-state index < -0.39 is 25.3 Å². The van der Waals surface area contributed by atoms with Crippen LogP contribution < -0.4 is 15.8 Å². The van der Waals surface area contributed by atoms with E-state index in [4.69, 9.17) is 10.5 Å². The Kier molecular flexibility index (Phi) is 5.66. The van der Waals surface area contributed by atoms with Gasteiger partial charge in [0.2, 0.25) is 5.30 Å². The van der Waals surface area contributed by atoms with Gasteiger partial charge >= 0.3 is 7.80 Å². The van der Waals surface area contributed by atoms with E-state index in [-0.39, 0.29) is 41.4 Å². The zero-order valence-electron chi connectivity index (χ0n) is 15.0. The maximum absolute atomic E-state index is 14.8. The number of carbonyl (C=O) groups is 2. The molecule has 2 aromatic rings. The van der Waals surface area contributed by atoms with Crippen molar-refractivity contribution >= 4 is 24.8 Å². The number of rotatable bonds is 6. The quantitative estimate of drug-likeness (QED) is 0.468. The predicted molar refractivity (Wildman–Crippen MR) is 101 cm³/mol. The molecule has 0 fully saturated rings. The van der Waals surface area contributed by atoms with Crippen LogP contribution in [0.15, 0.2) is 30.3 Å². The van der Waals surface area contributed by atoms with Gasteiger partial charge in [-0.05, 0) is 23.6 Å². The van der Waals surface area contributed by atoms with Gasteiger partial charge in [-0.3, -0.25) is 9.59 Å². The van der Waals surface area contributed by atoms with Crippen molar-refractivity contribution < 1.29 is 23.3 Å². The summed E-state index contributed by atoms with van der Waals surface area (Å²) in [7, 11) is -1.93. The SMILES string of the molecule is CCCc1ccc(Cc2c(F)cc(C(=O)C(N)=O)c3c2[P+](=O)CCO3)cc1. The summed E-state index contributed by atoms with van der Waals surface area (Å²) in [6.45, 7) is 2.24. The number of ketones is 1. The molecule has 1 aliphatic heterocycles. The van der Waals surface area contributed by atoms with Gasteiger partial charge in [0.05, 0.1) is 5.56 Å². The molecule has 0 saturated heterocycles. The molecule has 7 heteroatoms. The summed E-state index contributed by atoms with van der Waals surface area (Å²) in [4.78, 5) is 23.3. The van der Waals surface area contributed by atoms with Gasteiger partial charge in [-0.25, -0.2) is 4.39 Å². The van der Waals surface area contributed by atoms with E-state index in [9.17, 15) is 18.5 Å². The molecule has 27 heavy (non-hydrogen) atoms. The number of ether oxygens (including phenoxy) is 1. The van der Waals surface area contributed by atoms with Gasteiger partial charge < -0.3 is 10.5 Å². The van der Waals surface area contributed by atoms with Crippen molar-refractivity contribution in [2.75, 3.05) is 12.8 Å². The lowest BCUT2D eigenvalue weighted by molar-refractivity contribution is -0.114. The molecular weight excluding hydrogens is 368 g/mol.